The van der Waals surface area contributed by atoms with Gasteiger partial charge >= 0.3 is 11.5 Å². The Labute approximate surface area is 162 Å². The third-order valence-electron chi connectivity index (χ3n) is 3.66. The van der Waals surface area contributed by atoms with E-state index >= 15 is 0 Å². The minimum absolute atomic E-state index is 0.0705. The summed E-state index contributed by atoms with van der Waals surface area (Å²) in [7, 11) is 0. The second-order valence-electron chi connectivity index (χ2n) is 5.44. The van der Waals surface area contributed by atoms with Crippen LogP contribution in [0.15, 0.2) is 53.4 Å². The fourth-order valence-electron chi connectivity index (χ4n) is 2.55. The molecule has 1 saturated heterocycles. The maximum Gasteiger partial charge on any atom is 0.446 e. The van der Waals surface area contributed by atoms with Gasteiger partial charge in [-0.1, -0.05) is 29.8 Å². The first kappa shape index (κ1) is 19.3. The van der Waals surface area contributed by atoms with Crippen LogP contribution in [-0.2, 0) is 0 Å². The monoisotopic (exact) mass is 418 g/mol. The number of amides is 2. The summed E-state index contributed by atoms with van der Waals surface area (Å²) in [4.78, 5) is 14.3. The van der Waals surface area contributed by atoms with Crippen LogP contribution in [0.1, 0.15) is 10.9 Å². The van der Waals surface area contributed by atoms with Gasteiger partial charge in [0.25, 0.3) is 0 Å². The number of nitrogens with one attached hydrogen (secondary N) is 1. The Hall–Kier alpha value is -1.51. The number of alkyl halides is 3. The molecule has 3 rings (SSSR count). The second kappa shape index (κ2) is 8.02. The van der Waals surface area contributed by atoms with E-state index in [4.69, 9.17) is 11.6 Å². The molecule has 0 aliphatic carbocycles. The van der Waals surface area contributed by atoms with E-state index in [9.17, 15) is 18.0 Å². The average Bonchev–Trinajstić information content (AvgIpc) is 3.05. The Balaban J connectivity index is 1.68. The summed E-state index contributed by atoms with van der Waals surface area (Å²) in [5.41, 5.74) is -3.03. The predicted molar refractivity (Wildman–Crippen MR) is 101 cm³/mol. The van der Waals surface area contributed by atoms with Crippen LogP contribution >= 0.6 is 35.1 Å². The van der Waals surface area contributed by atoms with Crippen molar-refractivity contribution in [3.8, 4) is 0 Å². The van der Waals surface area contributed by atoms with Gasteiger partial charge in [-0.3, -0.25) is 0 Å². The van der Waals surface area contributed by atoms with Gasteiger partial charge in [0.1, 0.15) is 5.37 Å². The van der Waals surface area contributed by atoms with Crippen LogP contribution < -0.4 is 5.32 Å². The lowest BCUT2D eigenvalue weighted by atomic mass is 10.2. The van der Waals surface area contributed by atoms with E-state index < -0.39 is 5.51 Å². The molecule has 1 atom stereocenters. The SMILES string of the molecule is O=C(Nc1ccc(SC(F)(F)F)cc1)N1CCSC1c1ccccc1Cl. The summed E-state index contributed by atoms with van der Waals surface area (Å²) in [5, 5.41) is 3.14. The maximum atomic E-state index is 12.6. The Morgan fingerprint density at radius 3 is 2.54 bits per heavy atom. The molecule has 2 amide bonds. The summed E-state index contributed by atoms with van der Waals surface area (Å²) < 4.78 is 37.1. The number of benzene rings is 2. The molecule has 0 radical (unpaired) electrons. The Kier molecular flexibility index (Phi) is 5.94. The molecule has 138 valence electrons. The number of carbonyl (C=O) groups is 1. The van der Waals surface area contributed by atoms with E-state index in [1.54, 1.807) is 22.7 Å². The summed E-state index contributed by atoms with van der Waals surface area (Å²) in [6.07, 6.45) is 0. The molecule has 9 heteroatoms. The van der Waals surface area contributed by atoms with E-state index in [-0.39, 0.29) is 28.1 Å². The van der Waals surface area contributed by atoms with Crippen molar-refractivity contribution in [2.45, 2.75) is 15.8 Å². The number of hydrogen-bond acceptors (Lipinski definition) is 3. The predicted octanol–water partition coefficient (Wildman–Crippen LogP) is 6.23. The fourth-order valence-corrected chi connectivity index (χ4v) is 4.68. The molecular weight excluding hydrogens is 405 g/mol. The van der Waals surface area contributed by atoms with Crippen molar-refractivity contribution in [2.24, 2.45) is 0 Å². The molecule has 26 heavy (non-hydrogen) atoms. The van der Waals surface area contributed by atoms with Crippen LogP contribution in [0, 0.1) is 0 Å². The van der Waals surface area contributed by atoms with Gasteiger partial charge < -0.3 is 10.2 Å². The zero-order chi connectivity index (χ0) is 18.7. The van der Waals surface area contributed by atoms with Gasteiger partial charge in [-0.15, -0.1) is 11.8 Å². The minimum Gasteiger partial charge on any atom is -0.308 e. The number of nitrogens with zero attached hydrogens (tertiary/aromatic N) is 1. The van der Waals surface area contributed by atoms with E-state index in [1.165, 1.54) is 24.3 Å². The van der Waals surface area contributed by atoms with E-state index in [0.29, 0.717) is 17.3 Å². The summed E-state index contributed by atoms with van der Waals surface area (Å²) in [6.45, 7) is 0.564. The quantitative estimate of drug-likeness (QED) is 0.599. The van der Waals surface area contributed by atoms with Crippen LogP contribution in [0.3, 0.4) is 0 Å². The third-order valence-corrected chi connectivity index (χ3v) is 5.99. The van der Waals surface area contributed by atoms with Crippen LogP contribution in [-0.4, -0.2) is 28.7 Å². The lowest BCUT2D eigenvalue weighted by Gasteiger charge is -2.25. The Morgan fingerprint density at radius 2 is 1.88 bits per heavy atom. The normalized spacial score (nSPS) is 17.4. The molecule has 3 nitrogen and oxygen atoms in total. The number of urea groups is 1. The van der Waals surface area contributed by atoms with Crippen LogP contribution in [0.2, 0.25) is 5.02 Å². The maximum absolute atomic E-state index is 12.6. The molecule has 1 fully saturated rings. The van der Waals surface area contributed by atoms with Crippen LogP contribution in [0.25, 0.3) is 0 Å². The van der Waals surface area contributed by atoms with Gasteiger partial charge in [0.05, 0.1) is 0 Å². The van der Waals surface area contributed by atoms with Crippen molar-refractivity contribution in [2.75, 3.05) is 17.6 Å². The summed E-state index contributed by atoms with van der Waals surface area (Å²) >= 11 is 7.67. The van der Waals surface area contributed by atoms with Crippen molar-refractivity contribution >= 4 is 46.8 Å². The topological polar surface area (TPSA) is 32.3 Å². The first-order chi connectivity index (χ1) is 12.3. The smallest absolute Gasteiger partial charge is 0.308 e. The molecule has 1 unspecified atom stereocenters. The molecule has 1 aliphatic rings. The molecule has 0 saturated carbocycles. The summed E-state index contributed by atoms with van der Waals surface area (Å²) in [6, 6.07) is 12.6. The van der Waals surface area contributed by atoms with Gasteiger partial charge in [-0.25, -0.2) is 4.79 Å². The first-order valence-electron chi connectivity index (χ1n) is 7.63. The minimum atomic E-state index is -4.33. The van der Waals surface area contributed by atoms with Crippen LogP contribution in [0.5, 0.6) is 0 Å². The zero-order valence-corrected chi connectivity index (χ0v) is 15.7. The van der Waals surface area contributed by atoms with Crippen molar-refractivity contribution < 1.29 is 18.0 Å². The van der Waals surface area contributed by atoms with Crippen molar-refractivity contribution in [1.29, 1.82) is 0 Å². The molecule has 2 aromatic carbocycles. The number of anilines is 1. The largest absolute Gasteiger partial charge is 0.446 e. The summed E-state index contributed by atoms with van der Waals surface area (Å²) in [5.74, 6) is 0.782. The third kappa shape index (κ3) is 4.81. The molecular formula is C17H14ClF3N2OS2. The van der Waals surface area contributed by atoms with Gasteiger partial charge in [0, 0.05) is 33.5 Å². The van der Waals surface area contributed by atoms with Crippen LogP contribution in [0.4, 0.5) is 23.7 Å². The second-order valence-corrected chi connectivity index (χ2v) is 8.17. The molecule has 0 spiro atoms. The number of carbonyl (C=O) groups excluding carboxylic acids is 1. The molecule has 0 bridgehead atoms. The standard InChI is InChI=1S/C17H14ClF3N2OS2/c18-14-4-2-1-3-13(14)15-23(9-10-25-15)16(24)22-11-5-7-12(8-6-11)26-17(19,20)21/h1-8,15H,9-10H2,(H,22,24). The van der Waals surface area contributed by atoms with Crippen molar-refractivity contribution in [3.05, 3.63) is 59.1 Å². The van der Waals surface area contributed by atoms with Gasteiger partial charge in [-0.05, 0) is 42.1 Å². The molecule has 1 aliphatic heterocycles. The van der Waals surface area contributed by atoms with Crippen molar-refractivity contribution in [1.82, 2.24) is 4.90 Å². The Bertz CT molecular complexity index is 786. The molecule has 1 N–H and O–H groups in total. The highest BCUT2D eigenvalue weighted by atomic mass is 35.5. The highest BCUT2D eigenvalue weighted by Crippen LogP contribution is 2.41. The number of halogens is 4. The highest BCUT2D eigenvalue weighted by Gasteiger charge is 2.32. The van der Waals surface area contributed by atoms with E-state index in [1.807, 2.05) is 18.2 Å². The van der Waals surface area contributed by atoms with Crippen molar-refractivity contribution in [3.63, 3.8) is 0 Å². The lowest BCUT2D eigenvalue weighted by molar-refractivity contribution is -0.0328. The first-order valence-corrected chi connectivity index (χ1v) is 9.87. The van der Waals surface area contributed by atoms with Gasteiger partial charge in [0.15, 0.2) is 0 Å². The number of rotatable bonds is 3. The number of thioether (sulfide) groups is 2. The zero-order valence-electron chi connectivity index (χ0n) is 13.3. The lowest BCUT2D eigenvalue weighted by Crippen LogP contribution is -2.34. The molecule has 1 heterocycles. The van der Waals surface area contributed by atoms with Gasteiger partial charge in [-0.2, -0.15) is 13.2 Å². The highest BCUT2D eigenvalue weighted by molar-refractivity contribution is 8.00. The van der Waals surface area contributed by atoms with Gasteiger partial charge in [0.2, 0.25) is 0 Å². The molecule has 2 aromatic rings. The average molecular weight is 419 g/mol. The van der Waals surface area contributed by atoms with E-state index in [0.717, 1.165) is 11.3 Å². The number of hydrogen-bond donors (Lipinski definition) is 1. The Morgan fingerprint density at radius 1 is 1.19 bits per heavy atom. The molecule has 0 aromatic heterocycles. The fraction of sp³-hybridized carbons (Fsp3) is 0.235. The van der Waals surface area contributed by atoms with E-state index in [2.05, 4.69) is 5.32 Å².